The number of aromatic amines is 1. The van der Waals surface area contributed by atoms with E-state index in [1.54, 1.807) is 0 Å². The summed E-state index contributed by atoms with van der Waals surface area (Å²) in [7, 11) is 0. The molecule has 3 N–H and O–H groups in total. The van der Waals surface area contributed by atoms with Gasteiger partial charge in [-0.2, -0.15) is 5.10 Å². The summed E-state index contributed by atoms with van der Waals surface area (Å²) >= 11 is 0. The topological polar surface area (TPSA) is 94.6 Å². The summed E-state index contributed by atoms with van der Waals surface area (Å²) in [5.74, 6) is 1.01. The van der Waals surface area contributed by atoms with Gasteiger partial charge in [-0.3, -0.25) is 0 Å². The van der Waals surface area contributed by atoms with Gasteiger partial charge in [0, 0.05) is 42.4 Å². The molecule has 1 aliphatic rings. The van der Waals surface area contributed by atoms with Gasteiger partial charge < -0.3 is 15.5 Å². The van der Waals surface area contributed by atoms with Crippen molar-refractivity contribution in [1.29, 1.82) is 0 Å². The highest BCUT2D eigenvalue weighted by molar-refractivity contribution is 6.05. The van der Waals surface area contributed by atoms with Gasteiger partial charge in [0.1, 0.15) is 17.8 Å². The van der Waals surface area contributed by atoms with E-state index in [9.17, 15) is 0 Å². The molecule has 1 aromatic carbocycles. The highest BCUT2D eigenvalue weighted by Crippen LogP contribution is 2.35. The number of aromatic nitrogens is 5. The third-order valence-corrected chi connectivity index (χ3v) is 5.17. The SMILES string of the molecule is Nc1ncnc2c1c(-c1c[nH]c3ccccc13)nn2CC1CCOCC1. The molecule has 7 heteroatoms. The van der Waals surface area contributed by atoms with Gasteiger partial charge in [-0.25, -0.2) is 14.6 Å². The van der Waals surface area contributed by atoms with Crippen molar-refractivity contribution in [2.45, 2.75) is 19.4 Å². The number of fused-ring (bicyclic) bond motifs is 2. The zero-order chi connectivity index (χ0) is 17.5. The molecule has 7 nitrogen and oxygen atoms in total. The normalized spacial score (nSPS) is 15.8. The maximum Gasteiger partial charge on any atom is 0.163 e. The Kier molecular flexibility index (Phi) is 3.60. The van der Waals surface area contributed by atoms with E-state index in [1.807, 2.05) is 23.0 Å². The van der Waals surface area contributed by atoms with Gasteiger partial charge in [-0.15, -0.1) is 0 Å². The molecule has 0 atom stereocenters. The molecule has 4 aromatic rings. The number of nitrogens with zero attached hydrogens (tertiary/aromatic N) is 4. The second-order valence-corrected chi connectivity index (χ2v) is 6.79. The van der Waals surface area contributed by atoms with Crippen LogP contribution in [0, 0.1) is 5.92 Å². The lowest BCUT2D eigenvalue weighted by atomic mass is 10.0. The first-order chi connectivity index (χ1) is 12.8. The van der Waals surface area contributed by atoms with Gasteiger partial charge in [0.2, 0.25) is 0 Å². The van der Waals surface area contributed by atoms with Crippen LogP contribution in [0.2, 0.25) is 0 Å². The maximum atomic E-state index is 6.22. The van der Waals surface area contributed by atoms with Crippen molar-refractivity contribution in [2.75, 3.05) is 18.9 Å². The number of nitrogen functional groups attached to an aromatic ring is 1. The molecule has 1 fully saturated rings. The Balaban J connectivity index is 1.67. The van der Waals surface area contributed by atoms with Gasteiger partial charge in [-0.05, 0) is 24.8 Å². The molecule has 0 saturated carbocycles. The van der Waals surface area contributed by atoms with Crippen LogP contribution in [-0.4, -0.2) is 37.9 Å². The largest absolute Gasteiger partial charge is 0.383 e. The fourth-order valence-electron chi connectivity index (χ4n) is 3.79. The van der Waals surface area contributed by atoms with E-state index in [-0.39, 0.29) is 0 Å². The number of H-pyrrole nitrogens is 1. The van der Waals surface area contributed by atoms with E-state index >= 15 is 0 Å². The molecular weight excluding hydrogens is 328 g/mol. The Morgan fingerprint density at radius 1 is 1.19 bits per heavy atom. The zero-order valence-corrected chi connectivity index (χ0v) is 14.4. The molecule has 1 aliphatic heterocycles. The van der Waals surface area contributed by atoms with Crippen LogP contribution in [0.15, 0.2) is 36.8 Å². The number of benzene rings is 1. The summed E-state index contributed by atoms with van der Waals surface area (Å²) in [6, 6.07) is 8.19. The number of nitrogens with two attached hydrogens (primary N) is 1. The lowest BCUT2D eigenvalue weighted by Crippen LogP contribution is -2.21. The summed E-state index contributed by atoms with van der Waals surface area (Å²) in [5.41, 5.74) is 9.95. The van der Waals surface area contributed by atoms with Crippen molar-refractivity contribution >= 4 is 27.8 Å². The molecule has 0 amide bonds. The fourth-order valence-corrected chi connectivity index (χ4v) is 3.79. The predicted octanol–water partition coefficient (Wildman–Crippen LogP) is 2.98. The molecule has 0 spiro atoms. The minimum absolute atomic E-state index is 0.466. The number of rotatable bonds is 3. The monoisotopic (exact) mass is 348 g/mol. The third kappa shape index (κ3) is 2.43. The summed E-state index contributed by atoms with van der Waals surface area (Å²) in [5, 5.41) is 6.85. The molecule has 0 radical (unpaired) electrons. The van der Waals surface area contributed by atoms with Gasteiger partial charge in [0.15, 0.2) is 5.65 Å². The number of ether oxygens (including phenoxy) is 1. The molecule has 5 rings (SSSR count). The standard InChI is InChI=1S/C19H20N6O/c20-18-16-17(14-9-21-15-4-2-1-3-13(14)15)24-25(19(16)23-11-22-18)10-12-5-7-26-8-6-12/h1-4,9,11-12,21H,5-8,10H2,(H2,20,22,23). The molecule has 132 valence electrons. The lowest BCUT2D eigenvalue weighted by molar-refractivity contribution is 0.0605. The molecule has 26 heavy (non-hydrogen) atoms. The van der Waals surface area contributed by atoms with Gasteiger partial charge >= 0.3 is 0 Å². The van der Waals surface area contributed by atoms with Gasteiger partial charge in [-0.1, -0.05) is 18.2 Å². The van der Waals surface area contributed by atoms with Crippen LogP contribution >= 0.6 is 0 Å². The van der Waals surface area contributed by atoms with Crippen molar-refractivity contribution in [3.05, 3.63) is 36.8 Å². The van der Waals surface area contributed by atoms with Crippen LogP contribution in [0.1, 0.15) is 12.8 Å². The molecule has 4 heterocycles. The summed E-state index contributed by atoms with van der Waals surface area (Å²) in [6.45, 7) is 2.45. The van der Waals surface area contributed by atoms with Crippen LogP contribution in [0.4, 0.5) is 5.82 Å². The zero-order valence-electron chi connectivity index (χ0n) is 14.4. The smallest absolute Gasteiger partial charge is 0.163 e. The third-order valence-electron chi connectivity index (χ3n) is 5.17. The quantitative estimate of drug-likeness (QED) is 0.593. The molecule has 3 aromatic heterocycles. The van der Waals surface area contributed by atoms with Crippen molar-refractivity contribution in [2.24, 2.45) is 5.92 Å². The highest BCUT2D eigenvalue weighted by atomic mass is 16.5. The van der Waals surface area contributed by atoms with Crippen LogP contribution in [-0.2, 0) is 11.3 Å². The predicted molar refractivity (Wildman–Crippen MR) is 101 cm³/mol. The van der Waals surface area contributed by atoms with Crippen molar-refractivity contribution in [1.82, 2.24) is 24.7 Å². The Hall–Kier alpha value is -2.93. The van der Waals surface area contributed by atoms with Gasteiger partial charge in [0.25, 0.3) is 0 Å². The Bertz CT molecular complexity index is 1080. The molecule has 1 saturated heterocycles. The van der Waals surface area contributed by atoms with Crippen molar-refractivity contribution in [3.8, 4) is 11.3 Å². The van der Waals surface area contributed by atoms with E-state index in [0.717, 1.165) is 65.8 Å². The Morgan fingerprint density at radius 3 is 2.92 bits per heavy atom. The molecule has 0 unspecified atom stereocenters. The van der Waals surface area contributed by atoms with Crippen LogP contribution in [0.5, 0.6) is 0 Å². The number of hydrogen-bond acceptors (Lipinski definition) is 5. The van der Waals surface area contributed by atoms with E-state index in [0.29, 0.717) is 11.7 Å². The Morgan fingerprint density at radius 2 is 2.04 bits per heavy atom. The first-order valence-electron chi connectivity index (χ1n) is 8.92. The van der Waals surface area contributed by atoms with Crippen molar-refractivity contribution in [3.63, 3.8) is 0 Å². The summed E-state index contributed by atoms with van der Waals surface area (Å²) in [4.78, 5) is 12.0. The number of para-hydroxylation sites is 1. The number of hydrogen-bond donors (Lipinski definition) is 2. The van der Waals surface area contributed by atoms with Gasteiger partial charge in [0.05, 0.1) is 5.39 Å². The maximum absolute atomic E-state index is 6.22. The average molecular weight is 348 g/mol. The molecular formula is C19H20N6O. The lowest BCUT2D eigenvalue weighted by Gasteiger charge is -2.21. The van der Waals surface area contributed by atoms with Crippen LogP contribution in [0.3, 0.4) is 0 Å². The first kappa shape index (κ1) is 15.3. The first-order valence-corrected chi connectivity index (χ1v) is 8.92. The molecule has 0 bridgehead atoms. The summed E-state index contributed by atoms with van der Waals surface area (Å²) in [6.07, 6.45) is 5.59. The minimum Gasteiger partial charge on any atom is -0.383 e. The highest BCUT2D eigenvalue weighted by Gasteiger charge is 2.22. The fraction of sp³-hybridized carbons (Fsp3) is 0.316. The Labute approximate surface area is 150 Å². The molecule has 0 aliphatic carbocycles. The van der Waals surface area contributed by atoms with Crippen LogP contribution in [0.25, 0.3) is 33.2 Å². The van der Waals surface area contributed by atoms with E-state index in [2.05, 4.69) is 27.1 Å². The van der Waals surface area contributed by atoms with Crippen molar-refractivity contribution < 1.29 is 4.74 Å². The average Bonchev–Trinajstić information content (AvgIpc) is 3.25. The van der Waals surface area contributed by atoms with E-state index in [1.165, 1.54) is 6.33 Å². The van der Waals surface area contributed by atoms with E-state index < -0.39 is 0 Å². The number of nitrogens with one attached hydrogen (secondary N) is 1. The van der Waals surface area contributed by atoms with E-state index in [4.69, 9.17) is 15.6 Å². The summed E-state index contributed by atoms with van der Waals surface area (Å²) < 4.78 is 7.46. The minimum atomic E-state index is 0.466. The second-order valence-electron chi connectivity index (χ2n) is 6.79. The number of anilines is 1. The van der Waals surface area contributed by atoms with Crippen LogP contribution < -0.4 is 5.73 Å². The second kappa shape index (κ2) is 6.10.